The number of carbonyl (C=O) groups excluding carboxylic acids is 3. The highest BCUT2D eigenvalue weighted by Crippen LogP contribution is 2.34. The third-order valence-electron chi connectivity index (χ3n) is 3.06. The van der Waals surface area contributed by atoms with E-state index in [9.17, 15) is 14.4 Å². The maximum absolute atomic E-state index is 11.8. The Kier molecular flexibility index (Phi) is 2.17. The van der Waals surface area contributed by atoms with E-state index in [1.54, 1.807) is 13.8 Å². The molecule has 0 aromatic carbocycles. The van der Waals surface area contributed by atoms with Crippen LogP contribution in [0.2, 0.25) is 0 Å². The molecule has 15 heavy (non-hydrogen) atoms. The molecule has 0 radical (unpaired) electrons. The molecule has 2 amide bonds. The molecule has 1 aliphatic heterocycles. The Morgan fingerprint density at radius 3 is 2.40 bits per heavy atom. The maximum atomic E-state index is 11.8. The number of imide groups is 1. The Bertz CT molecular complexity index is 342. The molecule has 0 spiro atoms. The first kappa shape index (κ1) is 10.3. The van der Waals surface area contributed by atoms with Crippen molar-refractivity contribution in [1.29, 1.82) is 0 Å². The van der Waals surface area contributed by atoms with Gasteiger partial charge in [0, 0.05) is 12.3 Å². The van der Waals surface area contributed by atoms with Gasteiger partial charge in [0.05, 0.1) is 12.0 Å². The minimum absolute atomic E-state index is 0.00817. The minimum Gasteiger partial charge on any atom is -0.297 e. The van der Waals surface area contributed by atoms with E-state index in [-0.39, 0.29) is 36.5 Å². The molecule has 0 N–H and O–H groups in total. The Labute approximate surface area is 88.6 Å². The second-order valence-corrected chi connectivity index (χ2v) is 5.09. The molecule has 0 aromatic heterocycles. The zero-order chi connectivity index (χ0) is 11.2. The van der Waals surface area contributed by atoms with Crippen molar-refractivity contribution in [2.75, 3.05) is 6.54 Å². The fourth-order valence-electron chi connectivity index (χ4n) is 1.88. The van der Waals surface area contributed by atoms with Crippen LogP contribution in [0.3, 0.4) is 0 Å². The molecule has 0 bridgehead atoms. The number of hydrogen-bond acceptors (Lipinski definition) is 3. The van der Waals surface area contributed by atoms with E-state index < -0.39 is 5.41 Å². The molecule has 0 unspecified atom stereocenters. The first-order valence-electron chi connectivity index (χ1n) is 5.29. The average Bonchev–Trinajstić information content (AvgIpc) is 2.91. The third-order valence-corrected chi connectivity index (χ3v) is 3.06. The Morgan fingerprint density at radius 2 is 2.00 bits per heavy atom. The molecule has 1 saturated carbocycles. The van der Waals surface area contributed by atoms with Gasteiger partial charge in [-0.3, -0.25) is 19.3 Å². The molecule has 1 aliphatic carbocycles. The molecule has 1 saturated heterocycles. The molecular weight excluding hydrogens is 194 g/mol. The van der Waals surface area contributed by atoms with E-state index >= 15 is 0 Å². The summed E-state index contributed by atoms with van der Waals surface area (Å²) < 4.78 is 0. The van der Waals surface area contributed by atoms with Crippen molar-refractivity contribution < 1.29 is 14.4 Å². The maximum Gasteiger partial charge on any atom is 0.235 e. The largest absolute Gasteiger partial charge is 0.297 e. The predicted molar refractivity (Wildman–Crippen MR) is 52.8 cm³/mol. The summed E-state index contributed by atoms with van der Waals surface area (Å²) in [7, 11) is 0. The second kappa shape index (κ2) is 3.15. The highest BCUT2D eigenvalue weighted by atomic mass is 16.2. The van der Waals surface area contributed by atoms with Crippen LogP contribution >= 0.6 is 0 Å². The van der Waals surface area contributed by atoms with Crippen molar-refractivity contribution in [3.05, 3.63) is 0 Å². The summed E-state index contributed by atoms with van der Waals surface area (Å²) in [5.41, 5.74) is -0.624. The molecule has 0 aromatic rings. The lowest BCUT2D eigenvalue weighted by Gasteiger charge is -2.16. The van der Waals surface area contributed by atoms with Gasteiger partial charge in [0.15, 0.2) is 5.78 Å². The molecular formula is C11H15NO3. The van der Waals surface area contributed by atoms with Crippen LogP contribution < -0.4 is 0 Å². The monoisotopic (exact) mass is 209 g/mol. The van der Waals surface area contributed by atoms with Gasteiger partial charge in [-0.1, -0.05) is 13.8 Å². The van der Waals surface area contributed by atoms with Crippen LogP contribution in [0, 0.1) is 11.3 Å². The number of nitrogens with zero attached hydrogens (tertiary/aromatic N) is 1. The van der Waals surface area contributed by atoms with Gasteiger partial charge in [-0.25, -0.2) is 0 Å². The van der Waals surface area contributed by atoms with E-state index in [1.807, 2.05) is 0 Å². The lowest BCUT2D eigenvalue weighted by molar-refractivity contribution is -0.144. The van der Waals surface area contributed by atoms with Gasteiger partial charge < -0.3 is 0 Å². The zero-order valence-electron chi connectivity index (χ0n) is 9.08. The highest BCUT2D eigenvalue weighted by molar-refractivity contribution is 6.08. The predicted octanol–water partition coefficient (Wildman–Crippen LogP) is 0.751. The van der Waals surface area contributed by atoms with E-state index in [0.29, 0.717) is 0 Å². The number of hydrogen-bond donors (Lipinski definition) is 0. The molecule has 2 fully saturated rings. The summed E-state index contributed by atoms with van der Waals surface area (Å²) in [6, 6.07) is 0. The average molecular weight is 209 g/mol. The number of ketones is 1. The Morgan fingerprint density at radius 1 is 1.40 bits per heavy atom. The van der Waals surface area contributed by atoms with Crippen LogP contribution in [0.25, 0.3) is 0 Å². The van der Waals surface area contributed by atoms with Crippen molar-refractivity contribution >= 4 is 17.6 Å². The van der Waals surface area contributed by atoms with Crippen LogP contribution in [0.1, 0.15) is 33.1 Å². The van der Waals surface area contributed by atoms with Crippen molar-refractivity contribution in [3.63, 3.8) is 0 Å². The fraction of sp³-hybridized carbons (Fsp3) is 0.727. The van der Waals surface area contributed by atoms with Crippen LogP contribution in [-0.2, 0) is 14.4 Å². The van der Waals surface area contributed by atoms with Crippen molar-refractivity contribution in [1.82, 2.24) is 4.90 Å². The smallest absolute Gasteiger partial charge is 0.235 e. The summed E-state index contributed by atoms with van der Waals surface area (Å²) >= 11 is 0. The molecule has 0 atom stereocenters. The van der Waals surface area contributed by atoms with Gasteiger partial charge in [0.25, 0.3) is 0 Å². The van der Waals surface area contributed by atoms with Crippen molar-refractivity contribution in [3.8, 4) is 0 Å². The van der Waals surface area contributed by atoms with E-state index in [0.717, 1.165) is 17.7 Å². The lowest BCUT2D eigenvalue weighted by atomic mass is 9.92. The van der Waals surface area contributed by atoms with Gasteiger partial charge in [-0.2, -0.15) is 0 Å². The number of Topliss-reactive ketones (excluding diaryl/α,β-unsaturated/α-hetero) is 1. The summed E-state index contributed by atoms with van der Waals surface area (Å²) in [4.78, 5) is 35.9. The summed E-state index contributed by atoms with van der Waals surface area (Å²) in [5, 5.41) is 0. The van der Waals surface area contributed by atoms with Crippen LogP contribution in [0.5, 0.6) is 0 Å². The fourth-order valence-corrected chi connectivity index (χ4v) is 1.88. The number of amides is 2. The standard InChI is InChI=1S/C11H15NO3/c1-11(2)5-9(14)12(10(11)15)6-8(13)7-3-4-7/h7H,3-6H2,1-2H3. The quantitative estimate of drug-likeness (QED) is 0.644. The summed E-state index contributed by atoms with van der Waals surface area (Å²) in [6.07, 6.45) is 2.06. The molecule has 82 valence electrons. The SMILES string of the molecule is CC1(C)CC(=O)N(CC(=O)C2CC2)C1=O. The normalized spacial score (nSPS) is 24.8. The number of carbonyl (C=O) groups is 3. The van der Waals surface area contributed by atoms with Crippen LogP contribution in [-0.4, -0.2) is 29.0 Å². The van der Waals surface area contributed by atoms with E-state index in [1.165, 1.54) is 0 Å². The topological polar surface area (TPSA) is 54.5 Å². The molecule has 4 heteroatoms. The first-order valence-corrected chi connectivity index (χ1v) is 5.29. The minimum atomic E-state index is -0.624. The van der Waals surface area contributed by atoms with Crippen LogP contribution in [0.4, 0.5) is 0 Å². The van der Waals surface area contributed by atoms with Gasteiger partial charge in [0.1, 0.15) is 0 Å². The second-order valence-electron chi connectivity index (χ2n) is 5.09. The van der Waals surface area contributed by atoms with Crippen molar-refractivity contribution in [2.24, 2.45) is 11.3 Å². The summed E-state index contributed by atoms with van der Waals surface area (Å²) in [6.45, 7) is 3.48. The molecule has 2 aliphatic rings. The zero-order valence-corrected chi connectivity index (χ0v) is 9.08. The molecule has 4 nitrogen and oxygen atoms in total. The van der Waals surface area contributed by atoms with Gasteiger partial charge in [-0.15, -0.1) is 0 Å². The molecule has 2 rings (SSSR count). The first-order chi connectivity index (χ1) is 6.92. The van der Waals surface area contributed by atoms with E-state index in [4.69, 9.17) is 0 Å². The number of likely N-dealkylation sites (tertiary alicyclic amines) is 1. The third kappa shape index (κ3) is 1.80. The number of rotatable bonds is 3. The van der Waals surface area contributed by atoms with Gasteiger partial charge in [-0.05, 0) is 12.8 Å². The highest BCUT2D eigenvalue weighted by Gasteiger charge is 2.46. The molecule has 1 heterocycles. The lowest BCUT2D eigenvalue weighted by Crippen LogP contribution is -2.37. The summed E-state index contributed by atoms with van der Waals surface area (Å²) in [5.74, 6) is -0.274. The van der Waals surface area contributed by atoms with Crippen molar-refractivity contribution in [2.45, 2.75) is 33.1 Å². The van der Waals surface area contributed by atoms with Crippen LogP contribution in [0.15, 0.2) is 0 Å². The van der Waals surface area contributed by atoms with Gasteiger partial charge in [0.2, 0.25) is 11.8 Å². The Balaban J connectivity index is 2.05. The Hall–Kier alpha value is -1.19. The van der Waals surface area contributed by atoms with Gasteiger partial charge >= 0.3 is 0 Å². The van der Waals surface area contributed by atoms with E-state index in [2.05, 4.69) is 0 Å².